The van der Waals surface area contributed by atoms with Crippen LogP contribution in [0, 0.1) is 5.92 Å². The standard InChI is InChI=1S/C19H26N2O3/c1-24-17-8-4-5-14(11-17)9-10-20-19(23)15-12-18(22)21(13-15)16-6-2-3-7-16/h4-5,8,11,15-16H,2-3,6-7,9-10,12-13H2,1H3,(H,20,23). The predicted octanol–water partition coefficient (Wildman–Crippen LogP) is 2.14. The highest BCUT2D eigenvalue weighted by molar-refractivity contribution is 5.89. The molecule has 1 unspecified atom stereocenters. The van der Waals surface area contributed by atoms with E-state index in [2.05, 4.69) is 5.32 Å². The molecule has 5 nitrogen and oxygen atoms in total. The van der Waals surface area contributed by atoms with Crippen molar-refractivity contribution in [3.63, 3.8) is 0 Å². The van der Waals surface area contributed by atoms with Gasteiger partial charge in [0.25, 0.3) is 0 Å². The third kappa shape index (κ3) is 3.89. The molecular weight excluding hydrogens is 304 g/mol. The fraction of sp³-hybridized carbons (Fsp3) is 0.579. The van der Waals surface area contributed by atoms with Crippen LogP contribution in [0.5, 0.6) is 5.75 Å². The lowest BCUT2D eigenvalue weighted by atomic mass is 10.1. The van der Waals surface area contributed by atoms with Crippen molar-refractivity contribution in [1.29, 1.82) is 0 Å². The molecule has 0 bridgehead atoms. The minimum Gasteiger partial charge on any atom is -0.497 e. The molecule has 5 heteroatoms. The number of nitrogens with one attached hydrogen (secondary N) is 1. The molecule has 1 aliphatic heterocycles. The van der Waals surface area contributed by atoms with Crippen molar-refractivity contribution in [3.05, 3.63) is 29.8 Å². The van der Waals surface area contributed by atoms with Crippen molar-refractivity contribution in [2.75, 3.05) is 20.2 Å². The Morgan fingerprint density at radius 1 is 1.33 bits per heavy atom. The largest absolute Gasteiger partial charge is 0.497 e. The summed E-state index contributed by atoms with van der Waals surface area (Å²) >= 11 is 0. The third-order valence-electron chi connectivity index (χ3n) is 5.14. The van der Waals surface area contributed by atoms with Gasteiger partial charge in [-0.15, -0.1) is 0 Å². The number of hydrogen-bond donors (Lipinski definition) is 1. The molecule has 3 rings (SSSR count). The summed E-state index contributed by atoms with van der Waals surface area (Å²) in [5.41, 5.74) is 1.13. The second-order valence-corrected chi connectivity index (χ2v) is 6.78. The van der Waals surface area contributed by atoms with Crippen molar-refractivity contribution >= 4 is 11.8 Å². The monoisotopic (exact) mass is 330 g/mol. The number of amides is 2. The lowest BCUT2D eigenvalue weighted by Crippen LogP contribution is -2.37. The number of ether oxygens (including phenoxy) is 1. The van der Waals surface area contributed by atoms with Crippen LogP contribution in [0.3, 0.4) is 0 Å². The minimum absolute atomic E-state index is 0.00624. The summed E-state index contributed by atoms with van der Waals surface area (Å²) in [6.45, 7) is 1.18. The van der Waals surface area contributed by atoms with Gasteiger partial charge in [0.05, 0.1) is 13.0 Å². The number of nitrogens with zero attached hydrogens (tertiary/aromatic N) is 1. The first-order chi connectivity index (χ1) is 11.7. The zero-order valence-corrected chi connectivity index (χ0v) is 14.3. The quantitative estimate of drug-likeness (QED) is 0.869. The van der Waals surface area contributed by atoms with E-state index in [0.717, 1.165) is 30.6 Å². The topological polar surface area (TPSA) is 58.6 Å². The molecule has 2 fully saturated rings. The fourth-order valence-electron chi connectivity index (χ4n) is 3.78. The van der Waals surface area contributed by atoms with Crippen LogP contribution in [0.2, 0.25) is 0 Å². The maximum Gasteiger partial charge on any atom is 0.225 e. The van der Waals surface area contributed by atoms with Gasteiger partial charge in [0.1, 0.15) is 5.75 Å². The van der Waals surface area contributed by atoms with E-state index in [-0.39, 0.29) is 17.7 Å². The van der Waals surface area contributed by atoms with Gasteiger partial charge < -0.3 is 15.0 Å². The molecule has 2 aliphatic rings. The highest BCUT2D eigenvalue weighted by Crippen LogP contribution is 2.29. The highest BCUT2D eigenvalue weighted by Gasteiger charge is 2.38. The number of methoxy groups -OCH3 is 1. The van der Waals surface area contributed by atoms with Crippen LogP contribution in [0.1, 0.15) is 37.7 Å². The van der Waals surface area contributed by atoms with Gasteiger partial charge in [-0.05, 0) is 37.0 Å². The van der Waals surface area contributed by atoms with E-state index >= 15 is 0 Å². The summed E-state index contributed by atoms with van der Waals surface area (Å²) in [4.78, 5) is 26.5. The normalized spacial score (nSPS) is 21.3. The van der Waals surface area contributed by atoms with Gasteiger partial charge in [0.15, 0.2) is 0 Å². The van der Waals surface area contributed by atoms with Crippen molar-refractivity contribution in [3.8, 4) is 5.75 Å². The summed E-state index contributed by atoms with van der Waals surface area (Å²) in [6, 6.07) is 8.23. The Labute approximate surface area is 143 Å². The molecule has 1 heterocycles. The molecule has 1 aliphatic carbocycles. The average molecular weight is 330 g/mol. The van der Waals surface area contributed by atoms with Crippen molar-refractivity contribution in [1.82, 2.24) is 10.2 Å². The molecule has 1 aromatic rings. The van der Waals surface area contributed by atoms with Gasteiger partial charge in [-0.2, -0.15) is 0 Å². The Morgan fingerprint density at radius 3 is 2.88 bits per heavy atom. The molecular formula is C19H26N2O3. The first-order valence-corrected chi connectivity index (χ1v) is 8.87. The first kappa shape index (κ1) is 16.8. The summed E-state index contributed by atoms with van der Waals surface area (Å²) in [6.07, 6.45) is 5.71. The molecule has 1 aromatic carbocycles. The Bertz CT molecular complexity index is 596. The van der Waals surface area contributed by atoms with Gasteiger partial charge in [-0.3, -0.25) is 9.59 Å². The van der Waals surface area contributed by atoms with E-state index < -0.39 is 0 Å². The van der Waals surface area contributed by atoms with Crippen molar-refractivity contribution in [2.45, 2.75) is 44.6 Å². The Morgan fingerprint density at radius 2 is 2.12 bits per heavy atom. The van der Waals surface area contributed by atoms with Crippen molar-refractivity contribution in [2.24, 2.45) is 5.92 Å². The van der Waals surface area contributed by atoms with E-state index in [1.807, 2.05) is 29.2 Å². The molecule has 1 atom stereocenters. The Kier molecular flexibility index (Phi) is 5.38. The van der Waals surface area contributed by atoms with Crippen LogP contribution >= 0.6 is 0 Å². The highest BCUT2D eigenvalue weighted by atomic mass is 16.5. The van der Waals surface area contributed by atoms with Gasteiger partial charge in [0, 0.05) is 25.6 Å². The molecule has 1 saturated carbocycles. The second kappa shape index (κ2) is 7.69. The smallest absolute Gasteiger partial charge is 0.225 e. The van der Waals surface area contributed by atoms with E-state index in [1.54, 1.807) is 7.11 Å². The van der Waals surface area contributed by atoms with Crippen LogP contribution in [0.4, 0.5) is 0 Å². The number of carbonyl (C=O) groups is 2. The molecule has 130 valence electrons. The van der Waals surface area contributed by atoms with E-state index in [1.165, 1.54) is 12.8 Å². The maximum atomic E-state index is 12.3. The minimum atomic E-state index is -0.191. The summed E-state index contributed by atoms with van der Waals surface area (Å²) < 4.78 is 5.21. The lowest BCUT2D eigenvalue weighted by Gasteiger charge is -2.23. The maximum absolute atomic E-state index is 12.3. The number of carbonyl (C=O) groups excluding carboxylic acids is 2. The zero-order valence-electron chi connectivity index (χ0n) is 14.3. The fourth-order valence-corrected chi connectivity index (χ4v) is 3.78. The Balaban J connectivity index is 1.46. The van der Waals surface area contributed by atoms with Crippen LogP contribution in [-0.4, -0.2) is 43.0 Å². The molecule has 0 spiro atoms. The van der Waals surface area contributed by atoms with Crippen LogP contribution < -0.4 is 10.1 Å². The van der Waals surface area contributed by atoms with Crippen molar-refractivity contribution < 1.29 is 14.3 Å². The van der Waals surface area contributed by atoms with E-state index in [0.29, 0.717) is 25.6 Å². The lowest BCUT2D eigenvalue weighted by molar-refractivity contribution is -0.130. The summed E-state index contributed by atoms with van der Waals surface area (Å²) in [5, 5.41) is 2.98. The molecule has 1 saturated heterocycles. The zero-order chi connectivity index (χ0) is 16.9. The van der Waals surface area contributed by atoms with Crippen LogP contribution in [0.25, 0.3) is 0 Å². The number of likely N-dealkylation sites (tertiary alicyclic amines) is 1. The van der Waals surface area contributed by atoms with Crippen LogP contribution in [0.15, 0.2) is 24.3 Å². The summed E-state index contributed by atoms with van der Waals surface area (Å²) in [5.74, 6) is 0.789. The first-order valence-electron chi connectivity index (χ1n) is 8.87. The van der Waals surface area contributed by atoms with E-state index in [9.17, 15) is 9.59 Å². The molecule has 0 aromatic heterocycles. The molecule has 0 radical (unpaired) electrons. The number of hydrogen-bond acceptors (Lipinski definition) is 3. The van der Waals surface area contributed by atoms with Crippen LogP contribution in [-0.2, 0) is 16.0 Å². The average Bonchev–Trinajstić information content (AvgIpc) is 3.24. The number of benzene rings is 1. The van der Waals surface area contributed by atoms with Gasteiger partial charge >= 0.3 is 0 Å². The van der Waals surface area contributed by atoms with E-state index in [4.69, 9.17) is 4.74 Å². The van der Waals surface area contributed by atoms with Gasteiger partial charge in [0.2, 0.25) is 11.8 Å². The number of rotatable bonds is 6. The molecule has 2 amide bonds. The molecule has 1 N–H and O–H groups in total. The third-order valence-corrected chi connectivity index (χ3v) is 5.14. The SMILES string of the molecule is COc1cccc(CCNC(=O)C2CC(=O)N(C3CCCC3)C2)c1. The molecule has 24 heavy (non-hydrogen) atoms. The predicted molar refractivity (Wildman–Crippen MR) is 91.8 cm³/mol. The Hall–Kier alpha value is -2.04. The second-order valence-electron chi connectivity index (χ2n) is 6.78. The summed E-state index contributed by atoms with van der Waals surface area (Å²) in [7, 11) is 1.65. The van der Waals surface area contributed by atoms with Gasteiger partial charge in [-0.25, -0.2) is 0 Å². The van der Waals surface area contributed by atoms with Gasteiger partial charge in [-0.1, -0.05) is 25.0 Å².